The molecule has 16 heavy (non-hydrogen) atoms. The molecule has 0 aromatic rings. The van der Waals surface area contributed by atoms with Gasteiger partial charge >= 0.3 is 0 Å². The second-order valence-electron chi connectivity index (χ2n) is 5.21. The third kappa shape index (κ3) is 3.13. The first kappa shape index (κ1) is 12.2. The molecule has 0 spiro atoms. The minimum Gasteiger partial charge on any atom is -0.359 e. The number of hydrogen-bond acceptors (Lipinski definition) is 4. The van der Waals surface area contributed by atoms with E-state index in [0.29, 0.717) is 18.1 Å². The van der Waals surface area contributed by atoms with Crippen LogP contribution in [0.1, 0.15) is 20.3 Å². The first-order chi connectivity index (χ1) is 7.36. The molecule has 2 rings (SSSR count). The van der Waals surface area contributed by atoms with Gasteiger partial charge in [-0.15, -0.1) is 0 Å². The monoisotopic (exact) mass is 262 g/mol. The summed E-state index contributed by atoms with van der Waals surface area (Å²) in [5.41, 5.74) is 0.116. The number of hydrogen-bond donors (Lipinski definition) is 1. The summed E-state index contributed by atoms with van der Waals surface area (Å²) >= 11 is 1.72. The standard InChI is InChI=1S/C10H18N2O2S2/c1-10(2)7-15-9(12-10)11-5-8-3-4-16(13,14)6-8/h8H,3-7H2,1-2H3,(H,11,12). The van der Waals surface area contributed by atoms with Crippen molar-refractivity contribution in [2.75, 3.05) is 23.8 Å². The predicted molar refractivity (Wildman–Crippen MR) is 68.7 cm³/mol. The van der Waals surface area contributed by atoms with E-state index in [1.165, 1.54) is 0 Å². The van der Waals surface area contributed by atoms with Crippen LogP contribution in [0.3, 0.4) is 0 Å². The second-order valence-corrected chi connectivity index (χ2v) is 8.41. The Balaban J connectivity index is 1.87. The number of nitrogens with one attached hydrogen (secondary N) is 1. The molecule has 0 aliphatic carbocycles. The number of sulfone groups is 1. The van der Waals surface area contributed by atoms with Gasteiger partial charge in [-0.2, -0.15) is 0 Å². The third-order valence-corrected chi connectivity index (χ3v) is 6.04. The van der Waals surface area contributed by atoms with Crippen LogP contribution < -0.4 is 5.32 Å². The molecule has 2 aliphatic rings. The summed E-state index contributed by atoms with van der Waals surface area (Å²) in [4.78, 5) is 4.47. The molecule has 1 atom stereocenters. The highest BCUT2D eigenvalue weighted by Gasteiger charge is 2.30. The van der Waals surface area contributed by atoms with Crippen LogP contribution in [0.5, 0.6) is 0 Å². The van der Waals surface area contributed by atoms with Gasteiger partial charge in [0.1, 0.15) is 0 Å². The van der Waals surface area contributed by atoms with Crippen LogP contribution in [0, 0.1) is 5.92 Å². The van der Waals surface area contributed by atoms with E-state index in [1.54, 1.807) is 11.8 Å². The Kier molecular flexibility index (Phi) is 3.22. The summed E-state index contributed by atoms with van der Waals surface area (Å²) < 4.78 is 22.5. The van der Waals surface area contributed by atoms with E-state index in [1.807, 2.05) is 0 Å². The fourth-order valence-electron chi connectivity index (χ4n) is 1.92. The summed E-state index contributed by atoms with van der Waals surface area (Å²) in [6.07, 6.45) is 0.771. The molecular formula is C10H18N2O2S2. The largest absolute Gasteiger partial charge is 0.359 e. The molecule has 0 aromatic heterocycles. The molecule has 0 radical (unpaired) electrons. The molecular weight excluding hydrogens is 244 g/mol. The fraction of sp³-hybridized carbons (Fsp3) is 0.900. The van der Waals surface area contributed by atoms with E-state index in [-0.39, 0.29) is 11.5 Å². The highest BCUT2D eigenvalue weighted by molar-refractivity contribution is 8.14. The molecule has 2 heterocycles. The molecule has 1 N–H and O–H groups in total. The Bertz CT molecular complexity index is 401. The quantitative estimate of drug-likeness (QED) is 0.803. The van der Waals surface area contributed by atoms with Crippen LogP contribution in [-0.2, 0) is 9.84 Å². The van der Waals surface area contributed by atoms with Gasteiger partial charge in [-0.05, 0) is 26.2 Å². The van der Waals surface area contributed by atoms with Crippen molar-refractivity contribution in [3.63, 3.8) is 0 Å². The zero-order valence-corrected chi connectivity index (χ0v) is 11.3. The van der Waals surface area contributed by atoms with Gasteiger partial charge in [0.15, 0.2) is 15.0 Å². The molecule has 1 unspecified atom stereocenters. The summed E-state index contributed by atoms with van der Waals surface area (Å²) in [7, 11) is -2.76. The van der Waals surface area contributed by atoms with Crippen molar-refractivity contribution in [2.24, 2.45) is 10.9 Å². The van der Waals surface area contributed by atoms with Crippen LogP contribution in [0.25, 0.3) is 0 Å². The molecule has 0 amide bonds. The number of aliphatic imine (C=N–C) groups is 1. The van der Waals surface area contributed by atoms with Crippen molar-refractivity contribution >= 4 is 26.8 Å². The SMILES string of the molecule is CC1(C)CSC(=NCC2CCS(=O)(=O)C2)N1. The van der Waals surface area contributed by atoms with Crippen LogP contribution >= 0.6 is 11.8 Å². The minimum absolute atomic E-state index is 0.116. The van der Waals surface area contributed by atoms with Crippen molar-refractivity contribution in [3.8, 4) is 0 Å². The zero-order chi connectivity index (χ0) is 11.8. The number of thioether (sulfide) groups is 1. The topological polar surface area (TPSA) is 58.5 Å². The normalized spacial score (nSPS) is 34.1. The van der Waals surface area contributed by atoms with E-state index in [0.717, 1.165) is 17.3 Å². The maximum atomic E-state index is 11.3. The Labute approximate surface area is 101 Å². The van der Waals surface area contributed by atoms with Gasteiger partial charge in [0.25, 0.3) is 0 Å². The van der Waals surface area contributed by atoms with E-state index in [9.17, 15) is 8.42 Å². The second kappa shape index (κ2) is 4.22. The molecule has 0 aromatic carbocycles. The van der Waals surface area contributed by atoms with Gasteiger partial charge in [-0.3, -0.25) is 4.99 Å². The average molecular weight is 262 g/mol. The van der Waals surface area contributed by atoms with Gasteiger partial charge in [0, 0.05) is 17.8 Å². The molecule has 4 nitrogen and oxygen atoms in total. The summed E-state index contributed by atoms with van der Waals surface area (Å²) in [6, 6.07) is 0. The van der Waals surface area contributed by atoms with E-state index >= 15 is 0 Å². The molecule has 92 valence electrons. The van der Waals surface area contributed by atoms with Gasteiger partial charge in [0.2, 0.25) is 0 Å². The van der Waals surface area contributed by atoms with Gasteiger partial charge < -0.3 is 5.32 Å². The van der Waals surface area contributed by atoms with E-state index < -0.39 is 9.84 Å². The van der Waals surface area contributed by atoms with Crippen LogP contribution in [0.4, 0.5) is 0 Å². The van der Waals surface area contributed by atoms with Crippen molar-refractivity contribution < 1.29 is 8.42 Å². The zero-order valence-electron chi connectivity index (χ0n) is 9.69. The smallest absolute Gasteiger partial charge is 0.157 e. The highest BCUT2D eigenvalue weighted by atomic mass is 32.2. The maximum Gasteiger partial charge on any atom is 0.157 e. The Morgan fingerprint density at radius 2 is 2.31 bits per heavy atom. The van der Waals surface area contributed by atoms with Crippen molar-refractivity contribution in [1.29, 1.82) is 0 Å². The van der Waals surface area contributed by atoms with Crippen LogP contribution in [0.15, 0.2) is 4.99 Å². The molecule has 6 heteroatoms. The Morgan fingerprint density at radius 1 is 1.56 bits per heavy atom. The van der Waals surface area contributed by atoms with Gasteiger partial charge in [-0.25, -0.2) is 8.42 Å². The minimum atomic E-state index is -2.76. The predicted octanol–water partition coefficient (Wildman–Crippen LogP) is 0.892. The Hall–Kier alpha value is -0.230. The summed E-state index contributed by atoms with van der Waals surface area (Å²) in [5, 5.41) is 4.31. The Morgan fingerprint density at radius 3 is 2.81 bits per heavy atom. The molecule has 2 fully saturated rings. The fourth-order valence-corrected chi connectivity index (χ4v) is 4.86. The first-order valence-electron chi connectivity index (χ1n) is 5.52. The lowest BCUT2D eigenvalue weighted by atomic mass is 10.1. The lowest BCUT2D eigenvalue weighted by Gasteiger charge is -2.16. The van der Waals surface area contributed by atoms with E-state index in [4.69, 9.17) is 0 Å². The average Bonchev–Trinajstić information content (AvgIpc) is 2.66. The third-order valence-electron chi connectivity index (χ3n) is 2.83. The van der Waals surface area contributed by atoms with Crippen molar-refractivity contribution in [3.05, 3.63) is 0 Å². The van der Waals surface area contributed by atoms with Gasteiger partial charge in [-0.1, -0.05) is 11.8 Å². The highest BCUT2D eigenvalue weighted by Crippen LogP contribution is 2.23. The molecule has 0 bridgehead atoms. The van der Waals surface area contributed by atoms with Crippen molar-refractivity contribution in [1.82, 2.24) is 5.32 Å². The van der Waals surface area contributed by atoms with Gasteiger partial charge in [0.05, 0.1) is 11.5 Å². The van der Waals surface area contributed by atoms with Crippen molar-refractivity contribution in [2.45, 2.75) is 25.8 Å². The van der Waals surface area contributed by atoms with Crippen LogP contribution in [-0.4, -0.2) is 42.9 Å². The van der Waals surface area contributed by atoms with Crippen LogP contribution in [0.2, 0.25) is 0 Å². The summed E-state index contributed by atoms with van der Waals surface area (Å²) in [6.45, 7) is 4.93. The lowest BCUT2D eigenvalue weighted by Crippen LogP contribution is -2.37. The molecule has 2 saturated heterocycles. The lowest BCUT2D eigenvalue weighted by molar-refractivity contribution is 0.533. The molecule has 2 aliphatic heterocycles. The number of amidine groups is 1. The summed E-state index contributed by atoms with van der Waals surface area (Å²) in [5.74, 6) is 1.91. The number of rotatable bonds is 2. The maximum absolute atomic E-state index is 11.3. The first-order valence-corrected chi connectivity index (χ1v) is 8.33. The molecule has 0 saturated carbocycles. The van der Waals surface area contributed by atoms with E-state index in [2.05, 4.69) is 24.2 Å². The number of nitrogens with zero attached hydrogens (tertiary/aromatic N) is 1.